The summed E-state index contributed by atoms with van der Waals surface area (Å²) in [6, 6.07) is 8.68. The van der Waals surface area contributed by atoms with E-state index >= 15 is 0 Å². The topological polar surface area (TPSA) is 32.3 Å². The first-order valence-electron chi connectivity index (χ1n) is 6.72. The second kappa shape index (κ2) is 5.04. The highest BCUT2D eigenvalue weighted by Crippen LogP contribution is 2.34. The van der Waals surface area contributed by atoms with Crippen LogP contribution in [0.1, 0.15) is 27.6 Å². The lowest BCUT2D eigenvalue weighted by Gasteiger charge is -2.18. The van der Waals surface area contributed by atoms with Gasteiger partial charge in [0.2, 0.25) is 5.91 Å². The Bertz CT molecular complexity index is 662. The molecule has 2 heterocycles. The third kappa shape index (κ3) is 2.05. The van der Waals surface area contributed by atoms with Crippen molar-refractivity contribution < 1.29 is 4.79 Å². The summed E-state index contributed by atoms with van der Waals surface area (Å²) in [5, 5.41) is 5.51. The van der Waals surface area contributed by atoms with E-state index in [1.807, 2.05) is 14.1 Å². The molecular weight excluding hydrogens is 268 g/mol. The lowest BCUT2D eigenvalue weighted by atomic mass is 9.99. The summed E-state index contributed by atoms with van der Waals surface area (Å²) in [6.45, 7) is 2.14. The normalized spacial score (nSPS) is 15.6. The molecule has 1 aliphatic rings. The van der Waals surface area contributed by atoms with Crippen LogP contribution in [0.15, 0.2) is 29.6 Å². The van der Waals surface area contributed by atoms with Crippen LogP contribution < -0.4 is 10.2 Å². The van der Waals surface area contributed by atoms with E-state index in [4.69, 9.17) is 0 Å². The van der Waals surface area contributed by atoms with Gasteiger partial charge in [0.05, 0.1) is 12.5 Å². The highest BCUT2D eigenvalue weighted by molar-refractivity contribution is 7.10. The first-order chi connectivity index (χ1) is 9.61. The Morgan fingerprint density at radius 1 is 1.35 bits per heavy atom. The molecule has 4 heteroatoms. The van der Waals surface area contributed by atoms with Crippen LogP contribution in [0.3, 0.4) is 0 Å². The zero-order chi connectivity index (χ0) is 14.3. The maximum absolute atomic E-state index is 11.8. The lowest BCUT2D eigenvalue weighted by Crippen LogP contribution is -2.20. The average molecular weight is 286 g/mol. The molecular formula is C16H18N2OS. The highest BCUT2D eigenvalue weighted by Gasteiger charge is 2.25. The molecule has 0 saturated carbocycles. The number of thiophene rings is 1. The van der Waals surface area contributed by atoms with Crippen LogP contribution in [0.25, 0.3) is 0 Å². The molecule has 104 valence electrons. The van der Waals surface area contributed by atoms with Gasteiger partial charge in [-0.25, -0.2) is 0 Å². The maximum atomic E-state index is 11.8. The summed E-state index contributed by atoms with van der Waals surface area (Å²) in [4.78, 5) is 14.9. The van der Waals surface area contributed by atoms with Crippen molar-refractivity contribution in [3.8, 4) is 0 Å². The Morgan fingerprint density at radius 3 is 2.80 bits per heavy atom. The van der Waals surface area contributed by atoms with Crippen LogP contribution in [-0.4, -0.2) is 20.0 Å². The third-order valence-electron chi connectivity index (χ3n) is 3.97. The van der Waals surface area contributed by atoms with Gasteiger partial charge in [-0.05, 0) is 48.2 Å². The second-order valence-electron chi connectivity index (χ2n) is 5.21. The minimum Gasteiger partial charge on any atom is -0.315 e. The van der Waals surface area contributed by atoms with Crippen molar-refractivity contribution in [1.82, 2.24) is 5.32 Å². The summed E-state index contributed by atoms with van der Waals surface area (Å²) in [5.41, 5.74) is 4.70. The standard InChI is InChI=1S/C16H18N2OS/c1-10-6-7-20-16(10)15(17-2)11-4-5-13-12(8-11)9-14(19)18(13)3/h4-8,15,17H,9H2,1-3H3. The lowest BCUT2D eigenvalue weighted by molar-refractivity contribution is -0.117. The first-order valence-corrected chi connectivity index (χ1v) is 7.60. The number of aryl methyl sites for hydroxylation is 1. The molecule has 1 aliphatic heterocycles. The fourth-order valence-electron chi connectivity index (χ4n) is 2.80. The number of amides is 1. The number of rotatable bonds is 3. The van der Waals surface area contributed by atoms with Gasteiger partial charge < -0.3 is 10.2 Å². The van der Waals surface area contributed by atoms with Crippen LogP contribution >= 0.6 is 11.3 Å². The molecule has 0 spiro atoms. The fourth-order valence-corrected chi connectivity index (χ4v) is 3.86. The molecule has 2 aromatic rings. The molecule has 1 aromatic heterocycles. The SMILES string of the molecule is CNC(c1ccc2c(c1)CC(=O)N2C)c1sccc1C. The van der Waals surface area contributed by atoms with Gasteiger partial charge in [-0.15, -0.1) is 11.3 Å². The predicted octanol–water partition coefficient (Wildman–Crippen LogP) is 2.88. The molecule has 0 fully saturated rings. The Hall–Kier alpha value is -1.65. The Balaban J connectivity index is 2.01. The van der Waals surface area contributed by atoms with E-state index in [9.17, 15) is 4.79 Å². The van der Waals surface area contributed by atoms with Crippen LogP contribution in [0.2, 0.25) is 0 Å². The van der Waals surface area contributed by atoms with Crippen molar-refractivity contribution in [1.29, 1.82) is 0 Å². The zero-order valence-corrected chi connectivity index (χ0v) is 12.8. The van der Waals surface area contributed by atoms with Crippen molar-refractivity contribution in [2.75, 3.05) is 19.0 Å². The Kier molecular flexibility index (Phi) is 3.36. The maximum Gasteiger partial charge on any atom is 0.231 e. The van der Waals surface area contributed by atoms with Gasteiger partial charge in [0, 0.05) is 17.6 Å². The summed E-state index contributed by atoms with van der Waals surface area (Å²) >= 11 is 1.77. The largest absolute Gasteiger partial charge is 0.315 e. The summed E-state index contributed by atoms with van der Waals surface area (Å²) in [5.74, 6) is 0.172. The van der Waals surface area contributed by atoms with Gasteiger partial charge in [-0.1, -0.05) is 12.1 Å². The molecule has 20 heavy (non-hydrogen) atoms. The van der Waals surface area contributed by atoms with E-state index in [0.29, 0.717) is 6.42 Å². The third-order valence-corrected chi connectivity index (χ3v) is 5.05. The molecule has 0 radical (unpaired) electrons. The van der Waals surface area contributed by atoms with E-state index in [1.54, 1.807) is 16.2 Å². The Morgan fingerprint density at radius 2 is 2.15 bits per heavy atom. The molecule has 3 rings (SSSR count). The monoisotopic (exact) mass is 286 g/mol. The molecule has 1 N–H and O–H groups in total. The highest BCUT2D eigenvalue weighted by atomic mass is 32.1. The minimum absolute atomic E-state index is 0.172. The molecule has 1 atom stereocenters. The molecule has 0 saturated heterocycles. The van der Waals surface area contributed by atoms with Gasteiger partial charge in [-0.3, -0.25) is 4.79 Å². The molecule has 0 aliphatic carbocycles. The second-order valence-corrected chi connectivity index (χ2v) is 6.15. The number of hydrogen-bond acceptors (Lipinski definition) is 3. The summed E-state index contributed by atoms with van der Waals surface area (Å²) in [7, 11) is 3.82. The number of benzene rings is 1. The Labute approximate surface area is 123 Å². The van der Waals surface area contributed by atoms with Gasteiger partial charge in [-0.2, -0.15) is 0 Å². The molecule has 1 amide bonds. The minimum atomic E-state index is 0.172. The van der Waals surface area contributed by atoms with Crippen molar-refractivity contribution in [2.45, 2.75) is 19.4 Å². The number of anilines is 1. The number of carbonyl (C=O) groups excluding carboxylic acids is 1. The summed E-state index contributed by atoms with van der Waals surface area (Å²) in [6.07, 6.45) is 0.513. The van der Waals surface area contributed by atoms with E-state index in [-0.39, 0.29) is 11.9 Å². The first kappa shape index (κ1) is 13.3. The predicted molar refractivity (Wildman–Crippen MR) is 83.5 cm³/mol. The van der Waals surface area contributed by atoms with Crippen LogP contribution in [0.4, 0.5) is 5.69 Å². The number of nitrogens with zero attached hydrogens (tertiary/aromatic N) is 1. The van der Waals surface area contributed by atoms with Crippen molar-refractivity contribution in [3.05, 3.63) is 51.2 Å². The van der Waals surface area contributed by atoms with E-state index in [2.05, 4.69) is 41.9 Å². The van der Waals surface area contributed by atoms with Crippen LogP contribution in [-0.2, 0) is 11.2 Å². The van der Waals surface area contributed by atoms with E-state index < -0.39 is 0 Å². The van der Waals surface area contributed by atoms with Gasteiger partial charge in [0.1, 0.15) is 0 Å². The van der Waals surface area contributed by atoms with Crippen molar-refractivity contribution in [2.24, 2.45) is 0 Å². The zero-order valence-electron chi connectivity index (χ0n) is 11.9. The number of fused-ring (bicyclic) bond motifs is 1. The number of hydrogen-bond donors (Lipinski definition) is 1. The quantitative estimate of drug-likeness (QED) is 0.941. The molecule has 1 aromatic carbocycles. The van der Waals surface area contributed by atoms with E-state index in [0.717, 1.165) is 11.3 Å². The smallest absolute Gasteiger partial charge is 0.231 e. The number of carbonyl (C=O) groups is 1. The molecule has 1 unspecified atom stereocenters. The van der Waals surface area contributed by atoms with Gasteiger partial charge >= 0.3 is 0 Å². The molecule has 3 nitrogen and oxygen atoms in total. The van der Waals surface area contributed by atoms with Crippen molar-refractivity contribution >= 4 is 22.9 Å². The van der Waals surface area contributed by atoms with Gasteiger partial charge in [0.15, 0.2) is 0 Å². The number of nitrogens with one attached hydrogen (secondary N) is 1. The van der Waals surface area contributed by atoms with Crippen LogP contribution in [0.5, 0.6) is 0 Å². The van der Waals surface area contributed by atoms with E-state index in [1.165, 1.54) is 16.0 Å². The van der Waals surface area contributed by atoms with Crippen molar-refractivity contribution in [3.63, 3.8) is 0 Å². The fraction of sp³-hybridized carbons (Fsp3) is 0.312. The average Bonchev–Trinajstić information content (AvgIpc) is 2.96. The number of likely N-dealkylation sites (N-methyl/N-ethyl adjacent to an activating group) is 1. The van der Waals surface area contributed by atoms with Crippen LogP contribution in [0, 0.1) is 6.92 Å². The summed E-state index contributed by atoms with van der Waals surface area (Å²) < 4.78 is 0. The molecule has 0 bridgehead atoms. The van der Waals surface area contributed by atoms with Gasteiger partial charge in [0.25, 0.3) is 0 Å².